The summed E-state index contributed by atoms with van der Waals surface area (Å²) in [6.07, 6.45) is 1.55. The molecule has 23 heavy (non-hydrogen) atoms. The Morgan fingerprint density at radius 2 is 1.96 bits per heavy atom. The minimum Gasteiger partial charge on any atom is -0.438 e. The number of aromatic nitrogens is 1. The third kappa shape index (κ3) is 2.10. The number of fused-ring (bicyclic) bond motifs is 2. The highest BCUT2D eigenvalue weighted by Gasteiger charge is 2.34. The zero-order valence-electron chi connectivity index (χ0n) is 13.4. The number of benzene rings is 2. The largest absolute Gasteiger partial charge is 0.438 e. The number of para-hydroxylation sites is 1. The Morgan fingerprint density at radius 3 is 2.78 bits per heavy atom. The van der Waals surface area contributed by atoms with Gasteiger partial charge in [0.1, 0.15) is 5.60 Å². The van der Waals surface area contributed by atoms with Crippen molar-refractivity contribution in [1.82, 2.24) is 4.98 Å². The molecule has 0 spiro atoms. The molecule has 116 valence electrons. The number of nitrogens with one attached hydrogen (secondary N) is 2. The lowest BCUT2D eigenvalue weighted by molar-refractivity contribution is 0.0420. The van der Waals surface area contributed by atoms with E-state index in [4.69, 9.17) is 4.74 Å². The van der Waals surface area contributed by atoms with Gasteiger partial charge in [-0.3, -0.25) is 5.32 Å². The third-order valence-electron chi connectivity index (χ3n) is 4.46. The average molecular weight is 306 g/mol. The minimum absolute atomic E-state index is 0.398. The smallest absolute Gasteiger partial charge is 0.412 e. The fraction of sp³-hybridized carbons (Fsp3) is 0.211. The van der Waals surface area contributed by atoms with Crippen LogP contribution in [0.3, 0.4) is 0 Å². The lowest BCUT2D eigenvalue weighted by atomic mass is 9.88. The van der Waals surface area contributed by atoms with Gasteiger partial charge in [0.15, 0.2) is 0 Å². The van der Waals surface area contributed by atoms with Gasteiger partial charge in [-0.15, -0.1) is 0 Å². The van der Waals surface area contributed by atoms with Gasteiger partial charge in [-0.25, -0.2) is 4.79 Å². The van der Waals surface area contributed by atoms with Gasteiger partial charge in [-0.2, -0.15) is 0 Å². The van der Waals surface area contributed by atoms with Crippen molar-refractivity contribution in [2.24, 2.45) is 0 Å². The molecular formula is C19H18N2O2. The van der Waals surface area contributed by atoms with Crippen LogP contribution >= 0.6 is 0 Å². The fourth-order valence-electron chi connectivity index (χ4n) is 3.32. The van der Waals surface area contributed by atoms with Crippen molar-refractivity contribution in [1.29, 1.82) is 0 Å². The Balaban J connectivity index is 1.97. The van der Waals surface area contributed by atoms with Crippen molar-refractivity contribution in [3.05, 3.63) is 53.7 Å². The number of aromatic amines is 1. The predicted molar refractivity (Wildman–Crippen MR) is 91.6 cm³/mol. The van der Waals surface area contributed by atoms with Crippen LogP contribution in [0, 0.1) is 6.92 Å². The second-order valence-electron chi connectivity index (χ2n) is 6.49. The predicted octanol–water partition coefficient (Wildman–Crippen LogP) is 4.94. The van der Waals surface area contributed by atoms with Gasteiger partial charge in [0.05, 0.1) is 11.2 Å². The van der Waals surface area contributed by atoms with Crippen molar-refractivity contribution >= 4 is 22.7 Å². The summed E-state index contributed by atoms with van der Waals surface area (Å²) in [4.78, 5) is 15.1. The van der Waals surface area contributed by atoms with E-state index in [0.29, 0.717) is 0 Å². The highest BCUT2D eigenvalue weighted by atomic mass is 16.6. The molecule has 1 aromatic heterocycles. The summed E-state index contributed by atoms with van der Waals surface area (Å²) in [5, 5.41) is 4.01. The summed E-state index contributed by atoms with van der Waals surface area (Å²) < 4.78 is 5.46. The number of rotatable bonds is 1. The molecule has 0 saturated heterocycles. The number of hydrogen-bond donors (Lipinski definition) is 2. The van der Waals surface area contributed by atoms with Gasteiger partial charge in [0.2, 0.25) is 0 Å². The zero-order valence-corrected chi connectivity index (χ0v) is 13.4. The van der Waals surface area contributed by atoms with Gasteiger partial charge in [-0.1, -0.05) is 18.2 Å². The van der Waals surface area contributed by atoms with E-state index in [0.717, 1.165) is 33.5 Å². The Morgan fingerprint density at radius 1 is 1.13 bits per heavy atom. The lowest BCUT2D eigenvalue weighted by Gasteiger charge is -2.34. The molecule has 4 heteroatoms. The van der Waals surface area contributed by atoms with Crippen LogP contribution < -0.4 is 5.32 Å². The first-order valence-electron chi connectivity index (χ1n) is 7.67. The summed E-state index contributed by atoms with van der Waals surface area (Å²) in [5.74, 6) is 0. The molecule has 0 fully saturated rings. The van der Waals surface area contributed by atoms with E-state index in [1.54, 1.807) is 0 Å². The van der Waals surface area contributed by atoms with Crippen molar-refractivity contribution in [3.63, 3.8) is 0 Å². The van der Waals surface area contributed by atoms with Crippen LogP contribution in [0.2, 0.25) is 0 Å². The van der Waals surface area contributed by atoms with Gasteiger partial charge >= 0.3 is 6.09 Å². The molecule has 4 rings (SSSR count). The summed E-state index contributed by atoms with van der Waals surface area (Å²) in [5.41, 5.74) is 5.61. The molecule has 1 amide bonds. The molecule has 0 bridgehead atoms. The van der Waals surface area contributed by atoms with Crippen LogP contribution in [0.5, 0.6) is 0 Å². The molecule has 4 nitrogen and oxygen atoms in total. The molecule has 1 aliphatic rings. The lowest BCUT2D eigenvalue weighted by Crippen LogP contribution is -2.35. The number of cyclic esters (lactones) is 1. The average Bonchev–Trinajstić information content (AvgIpc) is 2.95. The fourth-order valence-corrected chi connectivity index (χ4v) is 3.32. The highest BCUT2D eigenvalue weighted by Crippen LogP contribution is 2.41. The van der Waals surface area contributed by atoms with E-state index in [1.165, 1.54) is 5.39 Å². The minimum atomic E-state index is -0.651. The number of ether oxygens (including phenoxy) is 1. The van der Waals surface area contributed by atoms with E-state index in [-0.39, 0.29) is 0 Å². The molecule has 2 aromatic carbocycles. The monoisotopic (exact) mass is 306 g/mol. The highest BCUT2D eigenvalue weighted by molar-refractivity contribution is 5.96. The number of carbonyl (C=O) groups is 1. The first kappa shape index (κ1) is 13.9. The van der Waals surface area contributed by atoms with Crippen LogP contribution in [-0.4, -0.2) is 11.1 Å². The summed E-state index contributed by atoms with van der Waals surface area (Å²) >= 11 is 0. The van der Waals surface area contributed by atoms with E-state index < -0.39 is 11.7 Å². The van der Waals surface area contributed by atoms with Crippen molar-refractivity contribution < 1.29 is 9.53 Å². The Hall–Kier alpha value is -2.75. The summed E-state index contributed by atoms with van der Waals surface area (Å²) in [6, 6.07) is 12.5. The maximum absolute atomic E-state index is 11.8. The van der Waals surface area contributed by atoms with Crippen LogP contribution in [-0.2, 0) is 10.3 Å². The van der Waals surface area contributed by atoms with Crippen molar-refractivity contribution in [3.8, 4) is 11.1 Å². The van der Waals surface area contributed by atoms with Gasteiger partial charge in [-0.05, 0) is 55.5 Å². The van der Waals surface area contributed by atoms with Gasteiger partial charge < -0.3 is 9.72 Å². The van der Waals surface area contributed by atoms with E-state index >= 15 is 0 Å². The first-order valence-corrected chi connectivity index (χ1v) is 7.67. The Bertz CT molecular complexity index is 938. The quantitative estimate of drug-likeness (QED) is 0.669. The molecule has 0 unspecified atom stereocenters. The maximum Gasteiger partial charge on any atom is 0.412 e. The van der Waals surface area contributed by atoms with Crippen LogP contribution in [0.15, 0.2) is 42.6 Å². The Labute approximate surface area is 134 Å². The maximum atomic E-state index is 11.8. The molecule has 2 N–H and O–H groups in total. The Kier molecular flexibility index (Phi) is 2.79. The normalized spacial score (nSPS) is 15.9. The number of aryl methyl sites for hydroxylation is 1. The van der Waals surface area contributed by atoms with Crippen molar-refractivity contribution in [2.75, 3.05) is 5.32 Å². The molecule has 0 saturated carbocycles. The second kappa shape index (κ2) is 4.62. The summed E-state index contributed by atoms with van der Waals surface area (Å²) in [7, 11) is 0. The number of hydrogen-bond acceptors (Lipinski definition) is 2. The molecule has 2 heterocycles. The van der Waals surface area contributed by atoms with E-state index in [1.807, 2.05) is 27.0 Å². The van der Waals surface area contributed by atoms with Crippen molar-refractivity contribution in [2.45, 2.75) is 26.4 Å². The summed E-state index contributed by atoms with van der Waals surface area (Å²) in [6.45, 7) is 5.85. The molecule has 1 aliphatic heterocycles. The third-order valence-corrected chi connectivity index (χ3v) is 4.46. The van der Waals surface area contributed by atoms with Crippen LogP contribution in [0.1, 0.15) is 25.0 Å². The SMILES string of the molecule is Cc1cc(-c2cccc3cc[nH]c23)cc2c1NC(=O)OC2(C)C. The number of amides is 1. The van der Waals surface area contributed by atoms with E-state index in [2.05, 4.69) is 46.7 Å². The molecule has 0 aliphatic carbocycles. The number of H-pyrrole nitrogens is 1. The van der Waals surface area contributed by atoms with E-state index in [9.17, 15) is 4.79 Å². The molecular weight excluding hydrogens is 288 g/mol. The topological polar surface area (TPSA) is 54.1 Å². The van der Waals surface area contributed by atoms with Gasteiger partial charge in [0.25, 0.3) is 0 Å². The van der Waals surface area contributed by atoms with Gasteiger partial charge in [0, 0.05) is 17.3 Å². The zero-order chi connectivity index (χ0) is 16.2. The standard InChI is InChI=1S/C19H18N2O2/c1-11-9-13(14-6-4-5-12-7-8-20-17(12)14)10-15-16(11)21-18(22)23-19(15,2)3/h4-10,20H,1-3H3,(H,21,22). The first-order chi connectivity index (χ1) is 11.0. The molecule has 3 aromatic rings. The van der Waals surface area contributed by atoms with Crippen LogP contribution in [0.4, 0.5) is 10.5 Å². The molecule has 0 radical (unpaired) electrons. The molecule has 0 atom stereocenters. The number of anilines is 1. The van der Waals surface area contributed by atoms with Crippen LogP contribution in [0.25, 0.3) is 22.0 Å². The second-order valence-corrected chi connectivity index (χ2v) is 6.49. The number of carbonyl (C=O) groups excluding carboxylic acids is 1.